The lowest BCUT2D eigenvalue weighted by Gasteiger charge is -2.26. The van der Waals surface area contributed by atoms with Crippen molar-refractivity contribution in [2.45, 2.75) is 19.1 Å². The van der Waals surface area contributed by atoms with E-state index in [0.717, 1.165) is 23.4 Å². The average molecular weight is 378 g/mol. The van der Waals surface area contributed by atoms with Crippen molar-refractivity contribution < 1.29 is 22.8 Å². The van der Waals surface area contributed by atoms with Gasteiger partial charge in [0.25, 0.3) is 0 Å². The van der Waals surface area contributed by atoms with Crippen molar-refractivity contribution in [2.75, 3.05) is 13.1 Å². The molecule has 6 nitrogen and oxygen atoms in total. The number of alkyl halides is 3. The summed E-state index contributed by atoms with van der Waals surface area (Å²) in [6.07, 6.45) is 0.535. The van der Waals surface area contributed by atoms with Crippen molar-refractivity contribution in [1.82, 2.24) is 20.4 Å². The van der Waals surface area contributed by atoms with Crippen LogP contribution < -0.4 is 5.32 Å². The first kappa shape index (κ1) is 18.7. The molecule has 0 fully saturated rings. The van der Waals surface area contributed by atoms with Gasteiger partial charge in [-0.25, -0.2) is 0 Å². The van der Waals surface area contributed by atoms with Gasteiger partial charge in [-0.05, 0) is 23.8 Å². The number of aromatic nitrogens is 2. The summed E-state index contributed by atoms with van der Waals surface area (Å²) in [5.41, 5.74) is 1.68. The van der Waals surface area contributed by atoms with Gasteiger partial charge < -0.3 is 10.2 Å². The summed E-state index contributed by atoms with van der Waals surface area (Å²) in [7, 11) is 0. The highest BCUT2D eigenvalue weighted by Gasteiger charge is 2.29. The number of H-pyrrole nitrogens is 1. The number of nitrogens with one attached hydrogen (secondary N) is 2. The van der Waals surface area contributed by atoms with E-state index in [4.69, 9.17) is 0 Å². The molecule has 0 spiro atoms. The molecule has 0 atom stereocenters. The van der Waals surface area contributed by atoms with Gasteiger partial charge in [-0.3, -0.25) is 14.7 Å². The molecule has 2 N–H and O–H groups in total. The Balaban J connectivity index is 1.48. The largest absolute Gasteiger partial charge is 0.416 e. The Morgan fingerprint density at radius 1 is 1.26 bits per heavy atom. The van der Waals surface area contributed by atoms with Crippen molar-refractivity contribution in [3.8, 4) is 0 Å². The molecule has 142 valence electrons. The van der Waals surface area contributed by atoms with Gasteiger partial charge >= 0.3 is 6.18 Å². The third-order valence-electron chi connectivity index (χ3n) is 4.23. The molecule has 0 unspecified atom stereocenters. The number of hydrogen-bond donors (Lipinski definition) is 2. The Labute approximate surface area is 153 Å². The maximum Gasteiger partial charge on any atom is 0.416 e. The molecular formula is C18H17F3N4O2. The molecule has 0 radical (unpaired) electrons. The smallest absolute Gasteiger partial charge is 0.343 e. The summed E-state index contributed by atoms with van der Waals surface area (Å²) in [6, 6.07) is 4.44. The minimum atomic E-state index is -4.40. The van der Waals surface area contributed by atoms with Gasteiger partial charge in [0.2, 0.25) is 11.8 Å². The highest BCUT2D eigenvalue weighted by molar-refractivity contribution is 5.94. The molecule has 3 rings (SSSR count). The summed E-state index contributed by atoms with van der Waals surface area (Å²) < 4.78 is 37.5. The van der Waals surface area contributed by atoms with Crippen LogP contribution in [0.15, 0.2) is 36.5 Å². The first-order chi connectivity index (χ1) is 12.8. The van der Waals surface area contributed by atoms with Crippen molar-refractivity contribution in [1.29, 1.82) is 0 Å². The molecule has 2 aromatic rings. The lowest BCUT2D eigenvalue weighted by Crippen LogP contribution is -2.42. The number of benzene rings is 1. The molecular weight excluding hydrogens is 361 g/mol. The van der Waals surface area contributed by atoms with Gasteiger partial charge in [-0.1, -0.05) is 12.1 Å². The van der Waals surface area contributed by atoms with E-state index in [0.29, 0.717) is 25.1 Å². The number of rotatable bonds is 4. The normalized spacial score (nSPS) is 14.3. The molecule has 1 aromatic heterocycles. The summed E-state index contributed by atoms with van der Waals surface area (Å²) in [5.74, 6) is -0.706. The summed E-state index contributed by atoms with van der Waals surface area (Å²) in [4.78, 5) is 25.6. The van der Waals surface area contributed by atoms with Gasteiger partial charge in [-0.2, -0.15) is 18.3 Å². The number of hydrogen-bond acceptors (Lipinski definition) is 3. The van der Waals surface area contributed by atoms with Gasteiger partial charge in [0.05, 0.1) is 18.3 Å². The second-order valence-electron chi connectivity index (χ2n) is 6.11. The first-order valence-corrected chi connectivity index (χ1v) is 8.25. The average Bonchev–Trinajstić information content (AvgIpc) is 3.11. The predicted octanol–water partition coefficient (Wildman–Crippen LogP) is 2.14. The number of carbonyl (C=O) groups is 2. The standard InChI is InChI=1S/C18H17F3N4O2/c19-18(20,21)14-4-1-12(2-5-14)3-6-16(26)22-10-17(27)25-8-7-15-13(11-25)9-23-24-15/h1-6,9H,7-8,10-11H2,(H,22,26)(H,23,24)/b6-3+. The van der Waals surface area contributed by atoms with E-state index in [1.807, 2.05) is 0 Å². The fourth-order valence-corrected chi connectivity index (χ4v) is 2.72. The third kappa shape index (κ3) is 4.75. The van der Waals surface area contributed by atoms with E-state index in [-0.39, 0.29) is 12.5 Å². The van der Waals surface area contributed by atoms with Crippen LogP contribution in [0.4, 0.5) is 13.2 Å². The lowest BCUT2D eigenvalue weighted by atomic mass is 10.1. The fraction of sp³-hybridized carbons (Fsp3) is 0.278. The van der Waals surface area contributed by atoms with Crippen molar-refractivity contribution in [2.24, 2.45) is 0 Å². The van der Waals surface area contributed by atoms with E-state index >= 15 is 0 Å². The quantitative estimate of drug-likeness (QED) is 0.801. The number of fused-ring (bicyclic) bond motifs is 1. The SMILES string of the molecule is O=C(/C=C/c1ccc(C(F)(F)F)cc1)NCC(=O)N1CCc2[nH]ncc2C1. The van der Waals surface area contributed by atoms with Crippen LogP contribution in [0.5, 0.6) is 0 Å². The number of carbonyl (C=O) groups excluding carboxylic acids is 2. The van der Waals surface area contributed by atoms with Crippen LogP contribution in [-0.4, -0.2) is 40.0 Å². The Morgan fingerprint density at radius 2 is 2.00 bits per heavy atom. The number of halogens is 3. The molecule has 2 amide bonds. The molecule has 9 heteroatoms. The van der Waals surface area contributed by atoms with Crippen LogP contribution in [-0.2, 0) is 28.7 Å². The maximum atomic E-state index is 12.5. The molecule has 0 aliphatic carbocycles. The van der Waals surface area contributed by atoms with Crippen molar-refractivity contribution >= 4 is 17.9 Å². The second kappa shape index (κ2) is 7.65. The summed E-state index contributed by atoms with van der Waals surface area (Å²) in [5, 5.41) is 9.30. The minimum Gasteiger partial charge on any atom is -0.343 e. The van der Waals surface area contributed by atoms with Gasteiger partial charge in [0.1, 0.15) is 0 Å². The molecule has 0 bridgehead atoms. The summed E-state index contributed by atoms with van der Waals surface area (Å²) >= 11 is 0. The van der Waals surface area contributed by atoms with Gasteiger partial charge in [0, 0.05) is 36.8 Å². The number of aromatic amines is 1. The topological polar surface area (TPSA) is 78.1 Å². The first-order valence-electron chi connectivity index (χ1n) is 8.25. The van der Waals surface area contributed by atoms with E-state index < -0.39 is 17.6 Å². The van der Waals surface area contributed by atoms with Crippen LogP contribution >= 0.6 is 0 Å². The zero-order chi connectivity index (χ0) is 19.4. The van der Waals surface area contributed by atoms with Crippen LogP contribution in [0.1, 0.15) is 22.4 Å². The van der Waals surface area contributed by atoms with Gasteiger partial charge in [-0.15, -0.1) is 0 Å². The van der Waals surface area contributed by atoms with E-state index in [9.17, 15) is 22.8 Å². The molecule has 1 aliphatic heterocycles. The lowest BCUT2D eigenvalue weighted by molar-refractivity contribution is -0.137. The Bertz CT molecular complexity index is 856. The maximum absolute atomic E-state index is 12.5. The zero-order valence-electron chi connectivity index (χ0n) is 14.2. The van der Waals surface area contributed by atoms with Crippen LogP contribution in [0, 0.1) is 0 Å². The second-order valence-corrected chi connectivity index (χ2v) is 6.11. The molecule has 0 saturated heterocycles. The fourth-order valence-electron chi connectivity index (χ4n) is 2.72. The number of nitrogens with zero attached hydrogens (tertiary/aromatic N) is 2. The Hall–Kier alpha value is -3.10. The molecule has 1 aromatic carbocycles. The highest BCUT2D eigenvalue weighted by atomic mass is 19.4. The zero-order valence-corrected chi connectivity index (χ0v) is 14.2. The van der Waals surface area contributed by atoms with Crippen molar-refractivity contribution in [3.63, 3.8) is 0 Å². The van der Waals surface area contributed by atoms with E-state index in [2.05, 4.69) is 15.5 Å². The minimum absolute atomic E-state index is 0.149. The number of amides is 2. The Kier molecular flexibility index (Phi) is 5.29. The molecule has 27 heavy (non-hydrogen) atoms. The van der Waals surface area contributed by atoms with Crippen molar-refractivity contribution in [3.05, 3.63) is 58.9 Å². The van der Waals surface area contributed by atoms with E-state index in [1.54, 1.807) is 11.1 Å². The molecule has 2 heterocycles. The van der Waals surface area contributed by atoms with Crippen LogP contribution in [0.3, 0.4) is 0 Å². The highest BCUT2D eigenvalue weighted by Crippen LogP contribution is 2.29. The Morgan fingerprint density at radius 3 is 2.70 bits per heavy atom. The van der Waals surface area contributed by atoms with Gasteiger partial charge in [0.15, 0.2) is 0 Å². The molecule has 0 saturated carbocycles. The third-order valence-corrected chi connectivity index (χ3v) is 4.23. The molecule has 1 aliphatic rings. The monoisotopic (exact) mass is 378 g/mol. The van der Waals surface area contributed by atoms with Crippen LogP contribution in [0.25, 0.3) is 6.08 Å². The summed E-state index contributed by atoms with van der Waals surface area (Å²) in [6.45, 7) is 0.844. The van der Waals surface area contributed by atoms with Crippen LogP contribution in [0.2, 0.25) is 0 Å². The predicted molar refractivity (Wildman–Crippen MR) is 91.2 cm³/mol. The van der Waals surface area contributed by atoms with E-state index in [1.165, 1.54) is 24.3 Å².